The third-order valence-electron chi connectivity index (χ3n) is 36.8. The van der Waals surface area contributed by atoms with Gasteiger partial charge < -0.3 is 0 Å². The molecule has 4 fully saturated rings. The molecule has 0 aliphatic carbocycles. The highest BCUT2D eigenvalue weighted by Crippen LogP contribution is 2.47. The van der Waals surface area contributed by atoms with E-state index < -0.39 is 0 Å². The minimum absolute atomic E-state index is 0.382. The van der Waals surface area contributed by atoms with Gasteiger partial charge >= 0.3 is 0 Å². The van der Waals surface area contributed by atoms with E-state index in [4.69, 9.17) is 47.1 Å². The topological polar surface area (TPSA) is 13.0 Å². The van der Waals surface area contributed by atoms with Crippen molar-refractivity contribution >= 4 is 47.1 Å². The van der Waals surface area contributed by atoms with E-state index in [1.807, 2.05) is 0 Å². The third-order valence-corrected chi connectivity index (χ3v) is 38.5. The maximum absolute atomic E-state index is 6.75. The smallest absolute Gasteiger partial charge is 0.0305 e. The highest BCUT2D eigenvalue weighted by atomic mass is 35.5. The van der Waals surface area contributed by atoms with E-state index in [0.29, 0.717) is 45.8 Å². The second-order valence-electron chi connectivity index (χ2n) is 51.5. The summed E-state index contributed by atoms with van der Waals surface area (Å²) in [5, 5.41) is 0. The maximum Gasteiger partial charge on any atom is 0.0305 e. The van der Waals surface area contributed by atoms with Gasteiger partial charge in [-0.25, -0.2) is 17.7 Å². The van der Waals surface area contributed by atoms with Gasteiger partial charge in [-0.1, -0.05) is 712 Å². The molecule has 4 nitrogen and oxygen atoms in total. The van der Waals surface area contributed by atoms with E-state index in [9.17, 15) is 0 Å². The number of nitrogens with zero attached hydrogens (tertiary/aromatic N) is 4. The fraction of sp³-hybridized carbons (Fsp3) is 1.00. The Hall–Kier alpha value is 1.00. The molecule has 4 atom stereocenters. The highest BCUT2D eigenvalue weighted by molar-refractivity contribution is 6.14. The zero-order valence-electron chi connectivity index (χ0n) is 102. The summed E-state index contributed by atoms with van der Waals surface area (Å²) in [4.78, 5) is 0. The molecule has 8 heteroatoms. The van der Waals surface area contributed by atoms with Gasteiger partial charge in [0.2, 0.25) is 0 Å². The molecule has 0 aromatic carbocycles. The van der Waals surface area contributed by atoms with Crippen molar-refractivity contribution in [2.24, 2.45) is 21.7 Å². The standard InChI is InChI=1S/C42H84ClN.C38H76ClN.C30H60ClN.C27H54ClN/c1-4-6-8-10-12-14-16-18-20-22-24-26-28-30-32-34-38-42(3,41-37-36-40-44(41)43)39-35-33-31-29-27-25-23-21-19-17-15-13-11-9-7-5-2;1-4-6-8-10-12-14-16-18-20-22-24-26-28-30-34-38(3,37-33-32-36-40(37)39)35-31-29-27-25-23-21-19-17-15-13-11-9-7-5-2;1-4-6-8-10-12-14-16-18-20-22-26-30(3,29-25-24-28-32(29)31)27-23-21-19-17-15-13-11-9-7-5-2;1-4-5-6-7-8-9-10-11-12-13-14-15-16-17-18-19-20-21-24-27(2,3)26-23-22-25-29(26)28/h41H,4-40H2,1-3H3;37H,4-36H2,1-3H3;29H,4-28H2,1-3H3;26H,4-25H2,1-3H3. The van der Waals surface area contributed by atoms with E-state index in [0.717, 1.165) is 26.2 Å². The summed E-state index contributed by atoms with van der Waals surface area (Å²) in [6.45, 7) is 33.1. The van der Waals surface area contributed by atoms with Gasteiger partial charge in [0.1, 0.15) is 0 Å². The Morgan fingerprint density at radius 3 is 0.338 bits per heavy atom. The molecule has 4 heterocycles. The van der Waals surface area contributed by atoms with Crippen LogP contribution in [0.2, 0.25) is 0 Å². The first-order valence-electron chi connectivity index (χ1n) is 68.7. The minimum atomic E-state index is 0.382. The van der Waals surface area contributed by atoms with Crippen LogP contribution in [0.5, 0.6) is 0 Å². The summed E-state index contributed by atoms with van der Waals surface area (Å²) < 4.78 is 8.63. The van der Waals surface area contributed by atoms with Gasteiger partial charge in [-0.2, -0.15) is 0 Å². The van der Waals surface area contributed by atoms with Crippen LogP contribution in [0.4, 0.5) is 0 Å². The van der Waals surface area contributed by atoms with Gasteiger partial charge in [0.15, 0.2) is 0 Å². The first-order chi connectivity index (χ1) is 71.0. The fourth-order valence-corrected chi connectivity index (χ4v) is 28.3. The predicted octanol–water partition coefficient (Wildman–Crippen LogP) is 51.6. The van der Waals surface area contributed by atoms with Crippen LogP contribution in [-0.4, -0.2) is 68.0 Å². The van der Waals surface area contributed by atoms with Gasteiger partial charge in [-0.05, 0) is 165 Å². The zero-order valence-corrected chi connectivity index (χ0v) is 105. The Balaban J connectivity index is 0.000000979. The molecule has 0 spiro atoms. The summed E-state index contributed by atoms with van der Waals surface area (Å²) >= 11 is 26.5. The van der Waals surface area contributed by atoms with Crippen molar-refractivity contribution in [3.63, 3.8) is 0 Å². The zero-order chi connectivity index (χ0) is 105. The van der Waals surface area contributed by atoms with E-state index >= 15 is 0 Å². The molecular weight excluding hydrogens is 1840 g/mol. The lowest BCUT2D eigenvalue weighted by Crippen LogP contribution is -2.38. The molecule has 0 radical (unpaired) electrons. The number of rotatable bonds is 109. The van der Waals surface area contributed by atoms with Crippen molar-refractivity contribution in [3.05, 3.63) is 0 Å². The number of hydrogen-bond donors (Lipinski definition) is 0. The van der Waals surface area contributed by atoms with Crippen LogP contribution in [0, 0.1) is 21.7 Å². The lowest BCUT2D eigenvalue weighted by Gasteiger charge is -2.38. The monoisotopic (exact) mass is 2120 g/mol. The Kier molecular flexibility index (Phi) is 108. The summed E-state index contributed by atoms with van der Waals surface area (Å²) in [6, 6.07) is 2.42. The molecule has 4 rings (SSSR count). The largest absolute Gasteiger partial charge is 0.217 e. The summed E-state index contributed by atoms with van der Waals surface area (Å²) in [7, 11) is 0. The van der Waals surface area contributed by atoms with E-state index in [1.54, 1.807) is 0 Å². The van der Waals surface area contributed by atoms with Crippen molar-refractivity contribution in [2.45, 2.75) is 833 Å². The molecule has 0 aromatic heterocycles. The third kappa shape index (κ3) is 87.6. The second-order valence-corrected chi connectivity index (χ2v) is 53.2. The van der Waals surface area contributed by atoms with Crippen LogP contribution >= 0.6 is 47.1 Å². The van der Waals surface area contributed by atoms with Gasteiger partial charge in [-0.3, -0.25) is 0 Å². The number of halogens is 4. The van der Waals surface area contributed by atoms with E-state index in [2.05, 4.69) is 101 Å². The number of hydrogen-bond acceptors (Lipinski definition) is 4. The van der Waals surface area contributed by atoms with Crippen molar-refractivity contribution < 1.29 is 0 Å². The van der Waals surface area contributed by atoms with Gasteiger partial charge in [-0.15, -0.1) is 0 Å². The average molecular weight is 2120 g/mol. The van der Waals surface area contributed by atoms with Crippen LogP contribution in [0.25, 0.3) is 0 Å². The van der Waals surface area contributed by atoms with Crippen LogP contribution in [0.1, 0.15) is 809 Å². The lowest BCUT2D eigenvalue weighted by atomic mass is 9.73. The van der Waals surface area contributed by atoms with Crippen LogP contribution in [0.3, 0.4) is 0 Å². The van der Waals surface area contributed by atoms with E-state index in [1.165, 1.54) is 726 Å². The van der Waals surface area contributed by atoms with Crippen molar-refractivity contribution in [3.8, 4) is 0 Å². The molecule has 145 heavy (non-hydrogen) atoms. The molecule has 0 N–H and O–H groups in total. The van der Waals surface area contributed by atoms with E-state index in [-0.39, 0.29) is 0 Å². The fourth-order valence-electron chi connectivity index (χ4n) is 26.4. The highest BCUT2D eigenvalue weighted by Gasteiger charge is 2.43. The van der Waals surface area contributed by atoms with Gasteiger partial charge in [0.25, 0.3) is 0 Å². The first-order valence-corrected chi connectivity index (χ1v) is 70.0. The summed E-state index contributed by atoms with van der Waals surface area (Å²) in [6.07, 6.45) is 162. The van der Waals surface area contributed by atoms with Gasteiger partial charge in [0, 0.05) is 50.3 Å². The molecule has 4 aliphatic heterocycles. The normalized spacial score (nSPS) is 16.8. The number of unbranched alkanes of at least 4 members (excludes halogenated alkanes) is 91. The quantitative estimate of drug-likeness (QED) is 0.0444. The molecule has 4 unspecified atom stereocenters. The SMILES string of the molecule is CCCCCCCCCCCCC(C)(CCCCCCCCCCCC)C1CCCN1Cl.CCCCCCCCCCCCCCCCC(C)(CCCCCCCCCCCCCCCC)C1CCCN1Cl.CCCCCCCCCCCCCCCCCCC(C)(CCCCCCCCCCCCCCCCCC)C1CCCN1Cl.CCCCCCCCCCCCCCCCCCCCC(C)(C)C1CCCN1Cl. The Labute approximate surface area is 938 Å². The van der Waals surface area contributed by atoms with Crippen LogP contribution in [-0.2, 0) is 0 Å². The first kappa shape index (κ1) is 144. The summed E-state index contributed by atoms with van der Waals surface area (Å²) in [5.74, 6) is 0. The molecule has 4 aliphatic rings. The molecule has 0 bridgehead atoms. The Bertz CT molecular complexity index is 2380. The van der Waals surface area contributed by atoms with Gasteiger partial charge in [0.05, 0.1) is 0 Å². The average Bonchev–Trinajstić information content (AvgIpc) is 1.88. The van der Waals surface area contributed by atoms with Crippen molar-refractivity contribution in [1.82, 2.24) is 17.7 Å². The maximum atomic E-state index is 6.75. The van der Waals surface area contributed by atoms with Crippen LogP contribution in [0.15, 0.2) is 0 Å². The Morgan fingerprint density at radius 1 is 0.138 bits per heavy atom. The molecule has 0 saturated carbocycles. The second kappa shape index (κ2) is 109. The lowest BCUT2D eigenvalue weighted by molar-refractivity contribution is 0.138. The molecular formula is C137H274Cl4N4. The van der Waals surface area contributed by atoms with Crippen molar-refractivity contribution in [1.29, 1.82) is 0 Å². The molecule has 870 valence electrons. The molecule has 0 amide bonds. The Morgan fingerprint density at radius 2 is 0.234 bits per heavy atom. The van der Waals surface area contributed by atoms with Crippen LogP contribution < -0.4 is 0 Å². The molecule has 0 aromatic rings. The molecule has 4 saturated heterocycles. The van der Waals surface area contributed by atoms with Crippen molar-refractivity contribution in [2.75, 3.05) is 26.2 Å². The summed E-state index contributed by atoms with van der Waals surface area (Å²) in [5.41, 5.74) is 1.66. The minimum Gasteiger partial charge on any atom is -0.217 e. The predicted molar refractivity (Wildman–Crippen MR) is 665 cm³/mol.